The Bertz CT molecular complexity index is 849. The minimum atomic E-state index is -0.441. The van der Waals surface area contributed by atoms with Gasteiger partial charge in [-0.15, -0.1) is 0 Å². The molecule has 0 saturated carbocycles. The minimum Gasteiger partial charge on any atom is -0.399 e. The van der Waals surface area contributed by atoms with E-state index in [2.05, 4.69) is 31.2 Å². The maximum absolute atomic E-state index is 9.32. The molecule has 3 rings (SSSR count). The fourth-order valence-corrected chi connectivity index (χ4v) is 3.22. The van der Waals surface area contributed by atoms with Gasteiger partial charge in [-0.05, 0) is 62.3 Å². The Labute approximate surface area is 162 Å². The monoisotopic (exact) mass is 365 g/mol. The van der Waals surface area contributed by atoms with Crippen LogP contribution in [0.5, 0.6) is 0 Å². The van der Waals surface area contributed by atoms with Gasteiger partial charge in [0.25, 0.3) is 0 Å². The molecule has 2 heterocycles. The van der Waals surface area contributed by atoms with Crippen LogP contribution in [0.4, 0.5) is 0 Å². The summed E-state index contributed by atoms with van der Waals surface area (Å²) in [6.07, 6.45) is 4.66. The third-order valence-corrected chi connectivity index (χ3v) is 5.41. The van der Waals surface area contributed by atoms with Crippen molar-refractivity contribution in [3.63, 3.8) is 0 Å². The Balaban J connectivity index is 1.91. The average molecular weight is 365 g/mol. The molecule has 0 radical (unpaired) electrons. The Morgan fingerprint density at radius 1 is 1.19 bits per heavy atom. The van der Waals surface area contributed by atoms with E-state index in [1.165, 1.54) is 0 Å². The topological polar surface area (TPSA) is 60.1 Å². The quantitative estimate of drug-likeness (QED) is 0.763. The number of rotatable bonds is 5. The SMILES string of the molecule is CC(C)Cn1cc(Cc2cc(C#N)ccc2B2OC(C)(C)C(C)(C)O2)cn1. The van der Waals surface area contributed by atoms with Gasteiger partial charge in [0, 0.05) is 19.2 Å². The van der Waals surface area contributed by atoms with Crippen molar-refractivity contribution in [3.05, 3.63) is 47.3 Å². The molecule has 1 aromatic carbocycles. The maximum Gasteiger partial charge on any atom is 0.495 e. The van der Waals surface area contributed by atoms with Crippen LogP contribution >= 0.6 is 0 Å². The lowest BCUT2D eigenvalue weighted by molar-refractivity contribution is 0.00578. The molecule has 1 aromatic heterocycles. The largest absolute Gasteiger partial charge is 0.495 e. The van der Waals surface area contributed by atoms with E-state index in [0.717, 1.165) is 23.1 Å². The van der Waals surface area contributed by atoms with Gasteiger partial charge in [-0.25, -0.2) is 0 Å². The lowest BCUT2D eigenvalue weighted by Gasteiger charge is -2.32. The van der Waals surface area contributed by atoms with Crippen LogP contribution in [0.25, 0.3) is 0 Å². The summed E-state index contributed by atoms with van der Waals surface area (Å²) in [6, 6.07) is 7.94. The molecule has 142 valence electrons. The van der Waals surface area contributed by atoms with E-state index in [1.807, 2.05) is 56.8 Å². The smallest absolute Gasteiger partial charge is 0.399 e. The van der Waals surface area contributed by atoms with Crippen molar-refractivity contribution >= 4 is 12.6 Å². The average Bonchev–Trinajstić information content (AvgIpc) is 3.08. The zero-order valence-corrected chi connectivity index (χ0v) is 17.1. The second kappa shape index (κ2) is 7.14. The summed E-state index contributed by atoms with van der Waals surface area (Å²) in [5.41, 5.74) is 2.97. The van der Waals surface area contributed by atoms with Gasteiger partial charge in [-0.3, -0.25) is 4.68 Å². The highest BCUT2D eigenvalue weighted by atomic mass is 16.7. The van der Waals surface area contributed by atoms with Gasteiger partial charge in [-0.2, -0.15) is 10.4 Å². The van der Waals surface area contributed by atoms with Crippen LogP contribution in [-0.2, 0) is 22.3 Å². The molecule has 0 spiro atoms. The molecule has 0 aliphatic carbocycles. The first-order valence-electron chi connectivity index (χ1n) is 9.51. The van der Waals surface area contributed by atoms with E-state index in [9.17, 15) is 5.26 Å². The zero-order chi connectivity index (χ0) is 19.8. The summed E-state index contributed by atoms with van der Waals surface area (Å²) in [5.74, 6) is 0.542. The standard InChI is InChI=1S/C21H28BN3O2/c1-15(2)13-25-14-17(12-24-25)10-18-9-16(11-23)7-8-19(18)22-26-20(3,4)21(5,6)27-22/h7-9,12,14-15H,10,13H2,1-6H3. The number of hydrogen-bond donors (Lipinski definition) is 0. The van der Waals surface area contributed by atoms with Crippen molar-refractivity contribution in [2.45, 2.75) is 65.7 Å². The highest BCUT2D eigenvalue weighted by molar-refractivity contribution is 6.62. The zero-order valence-electron chi connectivity index (χ0n) is 17.1. The molecule has 0 bridgehead atoms. The van der Waals surface area contributed by atoms with E-state index >= 15 is 0 Å². The van der Waals surface area contributed by atoms with Crippen LogP contribution in [0.3, 0.4) is 0 Å². The van der Waals surface area contributed by atoms with Crippen molar-refractivity contribution < 1.29 is 9.31 Å². The lowest BCUT2D eigenvalue weighted by Crippen LogP contribution is -2.41. The molecule has 0 atom stereocenters. The van der Waals surface area contributed by atoms with Crippen molar-refractivity contribution in [3.8, 4) is 6.07 Å². The first-order valence-corrected chi connectivity index (χ1v) is 9.51. The number of nitriles is 1. The lowest BCUT2D eigenvalue weighted by atomic mass is 9.74. The first kappa shape index (κ1) is 19.7. The molecule has 1 fully saturated rings. The summed E-state index contributed by atoms with van der Waals surface area (Å²) in [5, 5.41) is 13.8. The number of hydrogen-bond acceptors (Lipinski definition) is 4. The number of benzene rings is 1. The molecule has 6 heteroatoms. The maximum atomic E-state index is 9.32. The molecular weight excluding hydrogens is 337 g/mol. The summed E-state index contributed by atoms with van der Waals surface area (Å²) in [7, 11) is -0.441. The van der Waals surface area contributed by atoms with Crippen LogP contribution in [0.15, 0.2) is 30.6 Å². The first-order chi connectivity index (χ1) is 12.6. The highest BCUT2D eigenvalue weighted by Gasteiger charge is 2.52. The van der Waals surface area contributed by atoms with Gasteiger partial charge in [0.2, 0.25) is 0 Å². The molecule has 5 nitrogen and oxygen atoms in total. The number of aromatic nitrogens is 2. The Morgan fingerprint density at radius 2 is 1.85 bits per heavy atom. The van der Waals surface area contributed by atoms with Crippen molar-refractivity contribution in [2.75, 3.05) is 0 Å². The van der Waals surface area contributed by atoms with Gasteiger partial charge < -0.3 is 9.31 Å². The van der Waals surface area contributed by atoms with E-state index in [1.54, 1.807) is 0 Å². The Hall–Kier alpha value is -2.10. The second-order valence-electron chi connectivity index (χ2n) is 8.75. The molecule has 2 aromatic rings. The summed E-state index contributed by atoms with van der Waals surface area (Å²) in [4.78, 5) is 0. The van der Waals surface area contributed by atoms with Crippen molar-refractivity contribution in [1.82, 2.24) is 9.78 Å². The van der Waals surface area contributed by atoms with Gasteiger partial charge >= 0.3 is 7.12 Å². The van der Waals surface area contributed by atoms with Crippen molar-refractivity contribution in [2.24, 2.45) is 5.92 Å². The van der Waals surface area contributed by atoms with Crippen LogP contribution < -0.4 is 5.46 Å². The number of nitrogens with zero attached hydrogens (tertiary/aromatic N) is 3. The van der Waals surface area contributed by atoms with Crippen LogP contribution in [0.2, 0.25) is 0 Å². The Morgan fingerprint density at radius 3 is 2.44 bits per heavy atom. The van der Waals surface area contributed by atoms with Gasteiger partial charge in [-0.1, -0.05) is 19.9 Å². The third kappa shape index (κ3) is 4.10. The third-order valence-electron chi connectivity index (χ3n) is 5.41. The van der Waals surface area contributed by atoms with E-state index in [0.29, 0.717) is 17.9 Å². The predicted molar refractivity (Wildman–Crippen MR) is 107 cm³/mol. The van der Waals surface area contributed by atoms with Gasteiger partial charge in [0.15, 0.2) is 0 Å². The molecule has 0 amide bonds. The van der Waals surface area contributed by atoms with Gasteiger partial charge in [0.05, 0.1) is 29.0 Å². The molecule has 27 heavy (non-hydrogen) atoms. The molecule has 1 aliphatic rings. The van der Waals surface area contributed by atoms with Crippen LogP contribution in [-0.4, -0.2) is 28.1 Å². The molecule has 1 saturated heterocycles. The second-order valence-corrected chi connectivity index (χ2v) is 8.75. The predicted octanol–water partition coefficient (Wildman–Crippen LogP) is 3.30. The summed E-state index contributed by atoms with van der Waals surface area (Å²) < 4.78 is 14.4. The molecular formula is C21H28BN3O2. The Kier molecular flexibility index (Phi) is 5.20. The van der Waals surface area contributed by atoms with E-state index in [-0.39, 0.29) is 0 Å². The van der Waals surface area contributed by atoms with Crippen molar-refractivity contribution in [1.29, 1.82) is 5.26 Å². The van der Waals surface area contributed by atoms with E-state index < -0.39 is 18.3 Å². The minimum absolute atomic E-state index is 0.398. The summed E-state index contributed by atoms with van der Waals surface area (Å²) >= 11 is 0. The van der Waals surface area contributed by atoms with Crippen LogP contribution in [0, 0.1) is 17.2 Å². The fourth-order valence-electron chi connectivity index (χ4n) is 3.22. The van der Waals surface area contributed by atoms with E-state index in [4.69, 9.17) is 9.31 Å². The molecule has 0 unspecified atom stereocenters. The fraction of sp³-hybridized carbons (Fsp3) is 0.524. The van der Waals surface area contributed by atoms with Crippen LogP contribution in [0.1, 0.15) is 58.2 Å². The summed E-state index contributed by atoms with van der Waals surface area (Å²) in [6.45, 7) is 13.4. The normalized spacial score (nSPS) is 18.1. The highest BCUT2D eigenvalue weighted by Crippen LogP contribution is 2.36. The molecule has 1 aliphatic heterocycles. The van der Waals surface area contributed by atoms with Gasteiger partial charge in [0.1, 0.15) is 0 Å². The molecule has 0 N–H and O–H groups in total.